The van der Waals surface area contributed by atoms with E-state index in [9.17, 15) is 9.90 Å². The molecular weight excluding hydrogens is 278 g/mol. The largest absolute Gasteiger partial charge is 0.479 e. The van der Waals surface area contributed by atoms with Gasteiger partial charge in [-0.2, -0.15) is 0 Å². The van der Waals surface area contributed by atoms with Gasteiger partial charge in [-0.1, -0.05) is 27.7 Å². The first-order chi connectivity index (χ1) is 10.4. The van der Waals surface area contributed by atoms with E-state index >= 15 is 0 Å². The van der Waals surface area contributed by atoms with Crippen molar-refractivity contribution in [1.29, 1.82) is 0 Å². The molecule has 0 amide bonds. The molecule has 2 aromatic heterocycles. The van der Waals surface area contributed by atoms with E-state index in [1.807, 2.05) is 31.4 Å². The SMILES string of the molecule is CCC(CC)(C(=O)O)n1c(CC(C)C)nc2cc(C)cnc21. The van der Waals surface area contributed by atoms with E-state index in [1.54, 1.807) is 6.20 Å². The van der Waals surface area contributed by atoms with E-state index in [0.29, 0.717) is 24.4 Å². The smallest absolute Gasteiger partial charge is 0.329 e. The number of carboxylic acid groups (broad SMARTS) is 1. The topological polar surface area (TPSA) is 68.0 Å². The van der Waals surface area contributed by atoms with Gasteiger partial charge in [0.25, 0.3) is 0 Å². The zero-order chi connectivity index (χ0) is 16.5. The number of pyridine rings is 1. The third kappa shape index (κ3) is 2.60. The second-order valence-corrected chi connectivity index (χ2v) is 6.36. The summed E-state index contributed by atoms with van der Waals surface area (Å²) < 4.78 is 1.87. The van der Waals surface area contributed by atoms with E-state index in [0.717, 1.165) is 23.3 Å². The lowest BCUT2D eigenvalue weighted by Gasteiger charge is -2.30. The molecule has 0 fully saturated rings. The third-order valence-corrected chi connectivity index (χ3v) is 4.29. The fourth-order valence-corrected chi connectivity index (χ4v) is 3.03. The number of imidazole rings is 1. The maximum absolute atomic E-state index is 12.1. The first kappa shape index (κ1) is 16.5. The molecule has 120 valence electrons. The summed E-state index contributed by atoms with van der Waals surface area (Å²) in [5, 5.41) is 9.89. The van der Waals surface area contributed by atoms with Crippen LogP contribution in [-0.2, 0) is 16.8 Å². The Labute approximate surface area is 131 Å². The Bertz CT molecular complexity index is 685. The summed E-state index contributed by atoms with van der Waals surface area (Å²) in [6, 6.07) is 1.97. The zero-order valence-corrected chi connectivity index (χ0v) is 14.1. The molecule has 0 saturated carbocycles. The van der Waals surface area contributed by atoms with E-state index in [-0.39, 0.29) is 0 Å². The van der Waals surface area contributed by atoms with Gasteiger partial charge in [0.1, 0.15) is 16.9 Å². The van der Waals surface area contributed by atoms with Crippen molar-refractivity contribution >= 4 is 17.1 Å². The van der Waals surface area contributed by atoms with E-state index in [2.05, 4.69) is 18.8 Å². The lowest BCUT2D eigenvalue weighted by Crippen LogP contribution is -2.42. The van der Waals surface area contributed by atoms with Gasteiger partial charge in [-0.15, -0.1) is 0 Å². The van der Waals surface area contributed by atoms with Gasteiger partial charge in [0.2, 0.25) is 0 Å². The molecule has 0 atom stereocenters. The molecule has 2 rings (SSSR count). The van der Waals surface area contributed by atoms with Crippen LogP contribution in [0.1, 0.15) is 51.9 Å². The number of rotatable bonds is 6. The summed E-state index contributed by atoms with van der Waals surface area (Å²) in [5.41, 5.74) is 1.50. The summed E-state index contributed by atoms with van der Waals surface area (Å²) in [6.07, 6.45) is 3.53. The fraction of sp³-hybridized carbons (Fsp3) is 0.588. The Kier molecular flexibility index (Phi) is 4.54. The predicted molar refractivity (Wildman–Crippen MR) is 87.0 cm³/mol. The Morgan fingerprint density at radius 1 is 1.36 bits per heavy atom. The number of fused-ring (bicyclic) bond motifs is 1. The third-order valence-electron chi connectivity index (χ3n) is 4.29. The zero-order valence-electron chi connectivity index (χ0n) is 14.1. The van der Waals surface area contributed by atoms with E-state index < -0.39 is 11.5 Å². The highest BCUT2D eigenvalue weighted by Gasteiger charge is 2.40. The van der Waals surface area contributed by atoms with Crippen LogP contribution in [0.5, 0.6) is 0 Å². The molecule has 0 aliphatic carbocycles. The first-order valence-corrected chi connectivity index (χ1v) is 7.93. The van der Waals surface area contributed by atoms with Crippen molar-refractivity contribution in [3.05, 3.63) is 23.7 Å². The quantitative estimate of drug-likeness (QED) is 0.886. The number of aromatic nitrogens is 3. The van der Waals surface area contributed by atoms with Crippen LogP contribution in [0, 0.1) is 12.8 Å². The number of hydrogen-bond acceptors (Lipinski definition) is 3. The van der Waals surface area contributed by atoms with Gasteiger partial charge < -0.3 is 5.11 Å². The van der Waals surface area contributed by atoms with Crippen LogP contribution in [0.3, 0.4) is 0 Å². The van der Waals surface area contributed by atoms with Gasteiger partial charge in [0.05, 0.1) is 0 Å². The molecule has 5 heteroatoms. The molecule has 2 heterocycles. The number of aryl methyl sites for hydroxylation is 1. The highest BCUT2D eigenvalue weighted by atomic mass is 16.4. The van der Waals surface area contributed by atoms with Gasteiger partial charge in [0, 0.05) is 12.6 Å². The normalized spacial score (nSPS) is 12.3. The molecule has 0 aromatic carbocycles. The van der Waals surface area contributed by atoms with Crippen LogP contribution in [0.4, 0.5) is 0 Å². The minimum atomic E-state index is -0.985. The lowest BCUT2D eigenvalue weighted by molar-refractivity contribution is -0.148. The Morgan fingerprint density at radius 2 is 2.00 bits per heavy atom. The lowest BCUT2D eigenvalue weighted by atomic mass is 9.91. The van der Waals surface area contributed by atoms with Crippen LogP contribution in [0.15, 0.2) is 12.3 Å². The molecule has 22 heavy (non-hydrogen) atoms. The summed E-state index contributed by atoms with van der Waals surface area (Å²) in [6.45, 7) is 10.0. The number of hydrogen-bond donors (Lipinski definition) is 1. The second kappa shape index (κ2) is 6.07. The van der Waals surface area contributed by atoms with Gasteiger partial charge in [0.15, 0.2) is 5.65 Å². The summed E-state index contributed by atoms with van der Waals surface area (Å²) in [5.74, 6) is 0.398. The van der Waals surface area contributed by atoms with Crippen molar-refractivity contribution in [2.45, 2.75) is 59.4 Å². The molecule has 0 radical (unpaired) electrons. The molecule has 0 spiro atoms. The predicted octanol–water partition coefficient (Wildman–Crippen LogP) is 3.54. The molecule has 0 aliphatic rings. The number of carbonyl (C=O) groups is 1. The standard InChI is InChI=1S/C17H25N3O2/c1-6-17(7-2,16(21)22)20-14(8-11(3)4)19-13-9-12(5)10-18-15(13)20/h9-11H,6-8H2,1-5H3,(H,21,22). The number of carboxylic acids is 1. The molecule has 0 unspecified atom stereocenters. The van der Waals surface area contributed by atoms with Crippen LogP contribution in [-0.4, -0.2) is 25.6 Å². The highest BCUT2D eigenvalue weighted by Crippen LogP contribution is 2.32. The molecule has 5 nitrogen and oxygen atoms in total. The van der Waals surface area contributed by atoms with E-state index in [1.165, 1.54) is 0 Å². The van der Waals surface area contributed by atoms with Gasteiger partial charge >= 0.3 is 5.97 Å². The van der Waals surface area contributed by atoms with E-state index in [4.69, 9.17) is 4.98 Å². The van der Waals surface area contributed by atoms with Crippen molar-refractivity contribution in [2.75, 3.05) is 0 Å². The fourth-order valence-electron chi connectivity index (χ4n) is 3.03. The summed E-state index contributed by atoms with van der Waals surface area (Å²) in [7, 11) is 0. The van der Waals surface area contributed by atoms with Crippen LogP contribution < -0.4 is 0 Å². The molecule has 0 saturated heterocycles. The minimum Gasteiger partial charge on any atom is -0.479 e. The van der Waals surface area contributed by atoms with Gasteiger partial charge in [-0.05, 0) is 37.3 Å². The highest BCUT2D eigenvalue weighted by molar-refractivity contribution is 5.81. The average Bonchev–Trinajstić information content (AvgIpc) is 2.77. The van der Waals surface area contributed by atoms with Gasteiger partial charge in [-0.3, -0.25) is 4.57 Å². The first-order valence-electron chi connectivity index (χ1n) is 7.93. The van der Waals surface area contributed by atoms with Crippen molar-refractivity contribution in [3.63, 3.8) is 0 Å². The van der Waals surface area contributed by atoms with Crippen LogP contribution in [0.2, 0.25) is 0 Å². The molecule has 0 aliphatic heterocycles. The van der Waals surface area contributed by atoms with Crippen LogP contribution >= 0.6 is 0 Å². The Hall–Kier alpha value is -1.91. The molecular formula is C17H25N3O2. The average molecular weight is 303 g/mol. The maximum atomic E-state index is 12.1. The van der Waals surface area contributed by atoms with Crippen molar-refractivity contribution < 1.29 is 9.90 Å². The van der Waals surface area contributed by atoms with Crippen molar-refractivity contribution in [1.82, 2.24) is 14.5 Å². The molecule has 2 aromatic rings. The number of aliphatic carboxylic acids is 1. The Morgan fingerprint density at radius 3 is 2.50 bits per heavy atom. The molecule has 0 bridgehead atoms. The van der Waals surface area contributed by atoms with Gasteiger partial charge in [-0.25, -0.2) is 14.8 Å². The maximum Gasteiger partial charge on any atom is 0.329 e. The summed E-state index contributed by atoms with van der Waals surface area (Å²) >= 11 is 0. The van der Waals surface area contributed by atoms with Crippen molar-refractivity contribution in [2.24, 2.45) is 5.92 Å². The molecule has 1 N–H and O–H groups in total. The number of nitrogens with zero attached hydrogens (tertiary/aromatic N) is 3. The van der Waals surface area contributed by atoms with Crippen LogP contribution in [0.25, 0.3) is 11.2 Å². The van der Waals surface area contributed by atoms with Crippen molar-refractivity contribution in [3.8, 4) is 0 Å². The summed E-state index contributed by atoms with van der Waals surface area (Å²) in [4.78, 5) is 21.2. The second-order valence-electron chi connectivity index (χ2n) is 6.36. The monoisotopic (exact) mass is 303 g/mol. The Balaban J connectivity index is 2.80. The minimum absolute atomic E-state index is 0.400.